The van der Waals surface area contributed by atoms with Crippen LogP contribution in [0.25, 0.3) is 0 Å². The van der Waals surface area contributed by atoms with Gasteiger partial charge in [0.2, 0.25) is 0 Å². The highest BCUT2D eigenvalue weighted by Gasteiger charge is 1.61. The first kappa shape index (κ1) is 5.21. The average molecular weight is 85.1 g/mol. The summed E-state index contributed by atoms with van der Waals surface area (Å²) in [7, 11) is 0. The smallest absolute Gasteiger partial charge is 0.422 e. The SMILES string of the molecule is C/C=C\O[C]=O. The summed E-state index contributed by atoms with van der Waals surface area (Å²) in [6.45, 7) is 2.98. The molecule has 0 saturated carbocycles. The summed E-state index contributed by atoms with van der Waals surface area (Å²) in [5.41, 5.74) is 0. The van der Waals surface area contributed by atoms with Gasteiger partial charge in [0.05, 0.1) is 6.26 Å². The van der Waals surface area contributed by atoms with Gasteiger partial charge in [0.25, 0.3) is 0 Å². The van der Waals surface area contributed by atoms with Crippen LogP contribution in [0.5, 0.6) is 0 Å². The van der Waals surface area contributed by atoms with Gasteiger partial charge in [-0.05, 0) is 6.92 Å². The van der Waals surface area contributed by atoms with Crippen molar-refractivity contribution in [2.45, 2.75) is 6.92 Å². The van der Waals surface area contributed by atoms with Crippen LogP contribution in [-0.4, -0.2) is 6.47 Å². The van der Waals surface area contributed by atoms with E-state index in [9.17, 15) is 0 Å². The average Bonchev–Trinajstić information content (AvgIpc) is 1.61. The van der Waals surface area contributed by atoms with Crippen molar-refractivity contribution in [3.63, 3.8) is 0 Å². The van der Waals surface area contributed by atoms with Gasteiger partial charge in [-0.1, -0.05) is 6.08 Å². The minimum absolute atomic E-state index is 1.23. The molecule has 6 heavy (non-hydrogen) atoms. The van der Waals surface area contributed by atoms with Gasteiger partial charge in [0.15, 0.2) is 0 Å². The number of hydrogen-bond acceptors (Lipinski definition) is 2. The second-order valence-corrected chi connectivity index (χ2v) is 0.671. The summed E-state index contributed by atoms with van der Waals surface area (Å²) in [6, 6.07) is 0. The highest BCUT2D eigenvalue weighted by atomic mass is 16.5. The fourth-order valence-electron chi connectivity index (χ4n) is 0.0958. The Morgan fingerprint density at radius 1 is 1.83 bits per heavy atom. The van der Waals surface area contributed by atoms with E-state index in [1.54, 1.807) is 13.0 Å². The maximum Gasteiger partial charge on any atom is 0.422 e. The molecule has 2 nitrogen and oxygen atoms in total. The topological polar surface area (TPSA) is 26.3 Å². The van der Waals surface area contributed by atoms with Crippen LogP contribution in [0, 0.1) is 0 Å². The third kappa shape index (κ3) is 3.21. The van der Waals surface area contributed by atoms with Gasteiger partial charge in [-0.2, -0.15) is 0 Å². The lowest BCUT2D eigenvalue weighted by Crippen LogP contribution is -1.68. The molecule has 0 aromatic heterocycles. The number of hydrogen-bond donors (Lipinski definition) is 0. The van der Waals surface area contributed by atoms with E-state index in [0.29, 0.717) is 0 Å². The lowest BCUT2D eigenvalue weighted by Gasteiger charge is -1.72. The van der Waals surface area contributed by atoms with Crippen LogP contribution in [0.15, 0.2) is 12.3 Å². The molecule has 1 radical (unpaired) electrons. The van der Waals surface area contributed by atoms with Crippen molar-refractivity contribution in [1.29, 1.82) is 0 Å². The van der Waals surface area contributed by atoms with Crippen LogP contribution >= 0.6 is 0 Å². The van der Waals surface area contributed by atoms with E-state index in [0.717, 1.165) is 0 Å². The zero-order valence-electron chi connectivity index (χ0n) is 3.47. The molecule has 0 unspecified atom stereocenters. The third-order valence-electron chi connectivity index (χ3n) is 0.252. The van der Waals surface area contributed by atoms with Crippen molar-refractivity contribution in [1.82, 2.24) is 0 Å². The maximum atomic E-state index is 9.17. The molecular formula is C4H5O2. The molecule has 0 atom stereocenters. The second kappa shape index (κ2) is 4.21. The van der Waals surface area contributed by atoms with Gasteiger partial charge in [-0.25, -0.2) is 4.79 Å². The third-order valence-corrected chi connectivity index (χ3v) is 0.252. The minimum Gasteiger partial charge on any atom is -0.426 e. The summed E-state index contributed by atoms with van der Waals surface area (Å²) in [6.07, 6.45) is 2.86. The van der Waals surface area contributed by atoms with E-state index in [1.807, 2.05) is 0 Å². The Labute approximate surface area is 36.4 Å². The van der Waals surface area contributed by atoms with Gasteiger partial charge < -0.3 is 4.74 Å². The van der Waals surface area contributed by atoms with Crippen LogP contribution in [0.3, 0.4) is 0 Å². The molecule has 0 fully saturated rings. The van der Waals surface area contributed by atoms with Gasteiger partial charge in [0, 0.05) is 0 Å². The lowest BCUT2D eigenvalue weighted by atomic mass is 10.7. The Balaban J connectivity index is 2.85. The highest BCUT2D eigenvalue weighted by Crippen LogP contribution is 1.65. The van der Waals surface area contributed by atoms with Crippen molar-refractivity contribution in [2.75, 3.05) is 0 Å². The van der Waals surface area contributed by atoms with E-state index in [-0.39, 0.29) is 0 Å². The van der Waals surface area contributed by atoms with Crippen molar-refractivity contribution < 1.29 is 9.53 Å². The van der Waals surface area contributed by atoms with E-state index >= 15 is 0 Å². The molecule has 0 aliphatic carbocycles. The molecule has 0 spiro atoms. The predicted octanol–water partition coefficient (Wildman–Crippen LogP) is 0.604. The zero-order chi connectivity index (χ0) is 4.83. The van der Waals surface area contributed by atoms with Gasteiger partial charge in [-0.3, -0.25) is 0 Å². The molecular weight excluding hydrogens is 80.0 g/mol. The first-order valence-corrected chi connectivity index (χ1v) is 1.55. The molecule has 0 rings (SSSR count). The monoisotopic (exact) mass is 85.0 g/mol. The van der Waals surface area contributed by atoms with Crippen LogP contribution in [0.2, 0.25) is 0 Å². The fraction of sp³-hybridized carbons (Fsp3) is 0.250. The van der Waals surface area contributed by atoms with Crippen molar-refractivity contribution >= 4 is 6.47 Å². The largest absolute Gasteiger partial charge is 0.426 e. The lowest BCUT2D eigenvalue weighted by molar-refractivity contribution is 0.397. The normalized spacial score (nSPS) is 8.83. The van der Waals surface area contributed by atoms with Gasteiger partial charge in [-0.15, -0.1) is 0 Å². The molecule has 0 aliphatic rings. The van der Waals surface area contributed by atoms with E-state index in [4.69, 9.17) is 4.79 Å². The number of ether oxygens (including phenoxy) is 1. The van der Waals surface area contributed by atoms with Crippen LogP contribution in [0.1, 0.15) is 6.92 Å². The molecule has 0 bridgehead atoms. The van der Waals surface area contributed by atoms with Crippen LogP contribution in [-0.2, 0) is 9.53 Å². The number of carbonyl (C=O) groups excluding carboxylic acids is 1. The first-order chi connectivity index (χ1) is 2.91. The summed E-state index contributed by atoms with van der Waals surface area (Å²) in [5, 5.41) is 0. The minimum atomic E-state index is 1.23. The predicted molar refractivity (Wildman–Crippen MR) is 21.6 cm³/mol. The Morgan fingerprint density at radius 3 is 2.67 bits per heavy atom. The maximum absolute atomic E-state index is 9.17. The fourth-order valence-corrected chi connectivity index (χ4v) is 0.0958. The molecule has 0 amide bonds. The Bertz CT molecular complexity index is 56.6. The van der Waals surface area contributed by atoms with Gasteiger partial charge in [0.1, 0.15) is 0 Å². The molecule has 2 heteroatoms. The zero-order valence-corrected chi connectivity index (χ0v) is 3.47. The molecule has 0 aromatic carbocycles. The van der Waals surface area contributed by atoms with Gasteiger partial charge >= 0.3 is 6.47 Å². The van der Waals surface area contributed by atoms with Crippen molar-refractivity contribution in [3.8, 4) is 0 Å². The molecule has 0 saturated heterocycles. The highest BCUT2D eigenvalue weighted by molar-refractivity contribution is 5.39. The van der Waals surface area contributed by atoms with E-state index in [1.165, 1.54) is 12.7 Å². The number of allylic oxidation sites excluding steroid dienone is 1. The van der Waals surface area contributed by atoms with Crippen molar-refractivity contribution in [3.05, 3.63) is 12.3 Å². The molecule has 0 aliphatic heterocycles. The summed E-state index contributed by atoms with van der Waals surface area (Å²) in [5.74, 6) is 0. The summed E-state index contributed by atoms with van der Waals surface area (Å²) >= 11 is 0. The summed E-state index contributed by atoms with van der Waals surface area (Å²) in [4.78, 5) is 9.17. The molecule has 0 aromatic rings. The van der Waals surface area contributed by atoms with E-state index < -0.39 is 0 Å². The van der Waals surface area contributed by atoms with Crippen molar-refractivity contribution in [2.24, 2.45) is 0 Å². The quantitative estimate of drug-likeness (QED) is 0.459. The first-order valence-electron chi connectivity index (χ1n) is 1.55. The Hall–Kier alpha value is -0.790. The molecule has 33 valence electrons. The Kier molecular flexibility index (Phi) is 3.66. The second-order valence-electron chi connectivity index (χ2n) is 0.671. The van der Waals surface area contributed by atoms with Crippen LogP contribution in [0.4, 0.5) is 0 Å². The number of rotatable bonds is 2. The van der Waals surface area contributed by atoms with Crippen LogP contribution < -0.4 is 0 Å². The van der Waals surface area contributed by atoms with E-state index in [2.05, 4.69) is 4.74 Å². The summed E-state index contributed by atoms with van der Waals surface area (Å²) < 4.78 is 4.00. The standard InChI is InChI=1S/C4H5O2/c1-2-3-6-4-5/h2-3H,1H3/b3-2-. The molecule has 0 N–H and O–H groups in total. The molecule has 0 heterocycles. The Morgan fingerprint density at radius 2 is 2.50 bits per heavy atom.